The lowest BCUT2D eigenvalue weighted by molar-refractivity contribution is -0.138. The maximum atomic E-state index is 13.1. The van der Waals surface area contributed by atoms with Crippen molar-refractivity contribution in [2.24, 2.45) is 0 Å². The number of Topliss-reactive ketones (excluding diaryl/α,β-unsaturated/α-hetero) is 1. The van der Waals surface area contributed by atoms with Gasteiger partial charge in [0.25, 0.3) is 0 Å². The molecule has 0 N–H and O–H groups in total. The number of aromatic nitrogens is 2. The summed E-state index contributed by atoms with van der Waals surface area (Å²) in [6.45, 7) is 2.82. The number of rotatable bonds is 6. The molecule has 0 aliphatic heterocycles. The largest absolute Gasteiger partial charge is 0.454 e. The van der Waals surface area contributed by atoms with Crippen molar-refractivity contribution < 1.29 is 27.5 Å². The third-order valence-electron chi connectivity index (χ3n) is 5.52. The molecule has 2 heterocycles. The van der Waals surface area contributed by atoms with E-state index in [4.69, 9.17) is 4.74 Å². The molecule has 4 rings (SSSR count). The van der Waals surface area contributed by atoms with Gasteiger partial charge in [-0.1, -0.05) is 30.3 Å². The summed E-state index contributed by atoms with van der Waals surface area (Å²) in [5.74, 6) is -1.16. The molecule has 0 fully saturated rings. The van der Waals surface area contributed by atoms with Gasteiger partial charge in [-0.2, -0.15) is 13.2 Å². The van der Waals surface area contributed by atoms with Gasteiger partial charge >= 0.3 is 12.1 Å². The van der Waals surface area contributed by atoms with Crippen molar-refractivity contribution in [3.63, 3.8) is 0 Å². The molecule has 2 aromatic heterocycles. The first kappa shape index (κ1) is 23.9. The minimum atomic E-state index is -4.48. The molecule has 0 atom stereocenters. The second-order valence-electron chi connectivity index (χ2n) is 7.96. The van der Waals surface area contributed by atoms with Crippen LogP contribution in [0.5, 0.6) is 0 Å². The van der Waals surface area contributed by atoms with Crippen molar-refractivity contribution in [3.8, 4) is 5.69 Å². The quantitative estimate of drug-likeness (QED) is 0.191. The molecule has 8 heteroatoms. The number of carbonyl (C=O) groups is 2. The van der Waals surface area contributed by atoms with Crippen LogP contribution in [0.3, 0.4) is 0 Å². The molecule has 0 radical (unpaired) electrons. The second-order valence-corrected chi connectivity index (χ2v) is 7.96. The van der Waals surface area contributed by atoms with Crippen LogP contribution < -0.4 is 0 Å². The van der Waals surface area contributed by atoms with Crippen molar-refractivity contribution >= 4 is 28.7 Å². The number of benzene rings is 2. The third kappa shape index (κ3) is 5.32. The number of hydrogen-bond acceptors (Lipinski definition) is 4. The number of para-hydroxylation sites is 1. The minimum absolute atomic E-state index is 0.271. The van der Waals surface area contributed by atoms with E-state index in [1.165, 1.54) is 24.3 Å². The number of ether oxygens (including phenoxy) is 1. The number of nitrogens with zero attached hydrogens (tertiary/aromatic N) is 2. The Labute approximate surface area is 199 Å². The zero-order valence-electron chi connectivity index (χ0n) is 19.0. The van der Waals surface area contributed by atoms with Crippen LogP contribution in [-0.2, 0) is 15.7 Å². The van der Waals surface area contributed by atoms with Crippen LogP contribution in [-0.4, -0.2) is 27.9 Å². The second kappa shape index (κ2) is 9.58. The fraction of sp³-hybridized carbons (Fsp3) is 0.148. The number of pyridine rings is 1. The Morgan fingerprint density at radius 1 is 1.00 bits per heavy atom. The van der Waals surface area contributed by atoms with E-state index < -0.39 is 30.1 Å². The van der Waals surface area contributed by atoms with Gasteiger partial charge < -0.3 is 9.30 Å². The SMILES string of the molecule is Cc1cc(C(=O)COC(=O)C=Cc2ccc3ccccc3n2)c(C)n1-c1cccc(C(F)(F)F)c1. The van der Waals surface area contributed by atoms with Crippen molar-refractivity contribution in [1.82, 2.24) is 9.55 Å². The van der Waals surface area contributed by atoms with E-state index in [0.29, 0.717) is 17.1 Å². The molecule has 0 aliphatic carbocycles. The van der Waals surface area contributed by atoms with E-state index in [-0.39, 0.29) is 11.3 Å². The highest BCUT2D eigenvalue weighted by Crippen LogP contribution is 2.31. The molecule has 0 spiro atoms. The van der Waals surface area contributed by atoms with Gasteiger partial charge in [0.1, 0.15) is 0 Å². The van der Waals surface area contributed by atoms with E-state index in [1.807, 2.05) is 30.3 Å². The summed E-state index contributed by atoms with van der Waals surface area (Å²) in [4.78, 5) is 29.3. The minimum Gasteiger partial charge on any atom is -0.454 e. The monoisotopic (exact) mass is 478 g/mol. The van der Waals surface area contributed by atoms with Crippen LogP contribution in [0.15, 0.2) is 72.8 Å². The summed E-state index contributed by atoms with van der Waals surface area (Å²) in [7, 11) is 0. The highest BCUT2D eigenvalue weighted by molar-refractivity contribution is 6.00. The first-order chi connectivity index (χ1) is 16.6. The Bertz CT molecular complexity index is 1450. The molecule has 178 valence electrons. The molecule has 0 saturated carbocycles. The van der Waals surface area contributed by atoms with Gasteiger partial charge in [-0.3, -0.25) is 4.79 Å². The Morgan fingerprint density at radius 2 is 1.77 bits per heavy atom. The van der Waals surface area contributed by atoms with Crippen molar-refractivity contribution in [3.05, 3.63) is 101 Å². The number of aryl methyl sites for hydroxylation is 1. The highest BCUT2D eigenvalue weighted by Gasteiger charge is 2.31. The first-order valence-corrected chi connectivity index (χ1v) is 10.7. The molecular formula is C27H21F3N2O3. The zero-order chi connectivity index (χ0) is 25.2. The first-order valence-electron chi connectivity index (χ1n) is 10.7. The molecule has 0 saturated heterocycles. The molecule has 0 amide bonds. The highest BCUT2D eigenvalue weighted by atomic mass is 19.4. The van der Waals surface area contributed by atoms with Crippen LogP contribution in [0.25, 0.3) is 22.7 Å². The predicted octanol–water partition coefficient (Wildman–Crippen LogP) is 6.10. The molecule has 0 unspecified atom stereocenters. The number of esters is 1. The smallest absolute Gasteiger partial charge is 0.416 e. The third-order valence-corrected chi connectivity index (χ3v) is 5.52. The standard InChI is InChI=1S/C27H21F3N2O3/c1-17-14-23(18(2)32(17)22-8-5-7-20(15-22)27(28,29)30)25(33)16-35-26(34)13-12-21-11-10-19-6-3-4-9-24(19)31-21/h3-15H,16H2,1-2H3. The Kier molecular flexibility index (Phi) is 6.55. The van der Waals surface area contributed by atoms with Gasteiger partial charge in [-0.05, 0) is 56.3 Å². The van der Waals surface area contributed by atoms with Gasteiger partial charge in [0.15, 0.2) is 6.61 Å². The van der Waals surface area contributed by atoms with E-state index in [9.17, 15) is 22.8 Å². The fourth-order valence-corrected chi connectivity index (χ4v) is 3.85. The Balaban J connectivity index is 1.45. The maximum absolute atomic E-state index is 13.1. The van der Waals surface area contributed by atoms with Crippen molar-refractivity contribution in [2.75, 3.05) is 6.61 Å². The summed E-state index contributed by atoms with van der Waals surface area (Å²) in [5.41, 5.74) is 2.17. The molecule has 4 aromatic rings. The molecule has 2 aromatic carbocycles. The lowest BCUT2D eigenvalue weighted by Crippen LogP contribution is -2.13. The molecule has 0 bridgehead atoms. The van der Waals surface area contributed by atoms with Gasteiger partial charge in [0, 0.05) is 34.1 Å². The van der Waals surface area contributed by atoms with Gasteiger partial charge in [0.05, 0.1) is 16.8 Å². The topological polar surface area (TPSA) is 61.2 Å². The summed E-state index contributed by atoms with van der Waals surface area (Å²) in [5, 5.41) is 0.973. The summed E-state index contributed by atoms with van der Waals surface area (Å²) < 4.78 is 46.0. The fourth-order valence-electron chi connectivity index (χ4n) is 3.85. The van der Waals surface area contributed by atoms with Gasteiger partial charge in [-0.25, -0.2) is 9.78 Å². The van der Waals surface area contributed by atoms with Gasteiger partial charge in [0.2, 0.25) is 5.78 Å². The zero-order valence-corrected chi connectivity index (χ0v) is 19.0. The van der Waals surface area contributed by atoms with Gasteiger partial charge in [-0.15, -0.1) is 0 Å². The summed E-state index contributed by atoms with van der Waals surface area (Å²) >= 11 is 0. The normalized spacial score (nSPS) is 11.8. The summed E-state index contributed by atoms with van der Waals surface area (Å²) in [6, 6.07) is 17.7. The van der Waals surface area contributed by atoms with Crippen LogP contribution >= 0.6 is 0 Å². The Hall–Kier alpha value is -4.20. The molecule has 5 nitrogen and oxygen atoms in total. The van der Waals surface area contributed by atoms with Crippen molar-refractivity contribution in [2.45, 2.75) is 20.0 Å². The number of halogens is 3. The Morgan fingerprint density at radius 3 is 2.54 bits per heavy atom. The molecule has 0 aliphatic rings. The average molecular weight is 478 g/mol. The van der Waals surface area contributed by atoms with Crippen LogP contribution in [0, 0.1) is 13.8 Å². The van der Waals surface area contributed by atoms with Crippen LogP contribution in [0.4, 0.5) is 13.2 Å². The number of carbonyl (C=O) groups excluding carboxylic acids is 2. The van der Waals surface area contributed by atoms with Crippen LogP contribution in [0.2, 0.25) is 0 Å². The van der Waals surface area contributed by atoms with E-state index >= 15 is 0 Å². The predicted molar refractivity (Wildman–Crippen MR) is 126 cm³/mol. The van der Waals surface area contributed by atoms with E-state index in [1.54, 1.807) is 30.5 Å². The van der Waals surface area contributed by atoms with E-state index in [2.05, 4.69) is 4.98 Å². The number of hydrogen-bond donors (Lipinski definition) is 0. The number of alkyl halides is 3. The average Bonchev–Trinajstić information content (AvgIpc) is 3.14. The molecular weight excluding hydrogens is 457 g/mol. The maximum Gasteiger partial charge on any atom is 0.416 e. The number of fused-ring (bicyclic) bond motifs is 1. The molecule has 35 heavy (non-hydrogen) atoms. The van der Waals surface area contributed by atoms with Crippen LogP contribution in [0.1, 0.15) is 33.0 Å². The van der Waals surface area contributed by atoms with E-state index in [0.717, 1.165) is 23.0 Å². The number of ketones is 1. The van der Waals surface area contributed by atoms with Crippen molar-refractivity contribution in [1.29, 1.82) is 0 Å². The lowest BCUT2D eigenvalue weighted by atomic mass is 10.1. The summed E-state index contributed by atoms with van der Waals surface area (Å²) in [6.07, 6.45) is -1.79. The lowest BCUT2D eigenvalue weighted by Gasteiger charge is -2.13.